The van der Waals surface area contributed by atoms with Gasteiger partial charge in [-0.3, -0.25) is 4.79 Å². The number of ether oxygens (including phenoxy) is 2. The largest absolute Gasteiger partial charge is 0.481 e. The second-order valence-electron chi connectivity index (χ2n) is 9.67. The first-order valence-electron chi connectivity index (χ1n) is 12.6. The van der Waals surface area contributed by atoms with Gasteiger partial charge in [0.25, 0.3) is 0 Å². The molecule has 10 heteroatoms. The van der Waals surface area contributed by atoms with Gasteiger partial charge in [-0.25, -0.2) is 9.18 Å². The summed E-state index contributed by atoms with van der Waals surface area (Å²) >= 11 is 5.83. The van der Waals surface area contributed by atoms with Crippen molar-refractivity contribution in [2.75, 3.05) is 49.0 Å². The Bertz CT molecular complexity index is 1110. The second-order valence-corrected chi connectivity index (χ2v) is 10.1. The SMILES string of the molecule is COCC(CC(=O)O)c1ccc(N(CC2CC2)C2CCOCC2)c(NC(=O)Nc2ccc(Cl)cc2F)c1. The van der Waals surface area contributed by atoms with Gasteiger partial charge in [-0.15, -0.1) is 0 Å². The molecule has 1 atom stereocenters. The van der Waals surface area contributed by atoms with E-state index in [0.717, 1.165) is 36.7 Å². The fourth-order valence-corrected chi connectivity index (χ4v) is 4.89. The van der Waals surface area contributed by atoms with E-state index in [0.29, 0.717) is 24.8 Å². The number of methoxy groups -OCH3 is 1. The van der Waals surface area contributed by atoms with Crippen molar-refractivity contribution in [1.29, 1.82) is 0 Å². The summed E-state index contributed by atoms with van der Waals surface area (Å²) in [7, 11) is 1.53. The predicted octanol–water partition coefficient (Wildman–Crippen LogP) is 5.72. The molecule has 37 heavy (non-hydrogen) atoms. The van der Waals surface area contributed by atoms with E-state index in [9.17, 15) is 19.1 Å². The smallest absolute Gasteiger partial charge is 0.323 e. The molecule has 0 radical (unpaired) electrons. The number of anilines is 3. The molecule has 0 spiro atoms. The van der Waals surface area contributed by atoms with Crippen LogP contribution in [0.2, 0.25) is 5.02 Å². The fraction of sp³-hybridized carbons (Fsp3) is 0.481. The van der Waals surface area contributed by atoms with Crippen molar-refractivity contribution in [1.82, 2.24) is 0 Å². The van der Waals surface area contributed by atoms with Crippen molar-refractivity contribution in [3.63, 3.8) is 0 Å². The zero-order valence-corrected chi connectivity index (χ0v) is 21.6. The molecule has 1 saturated carbocycles. The first-order valence-corrected chi connectivity index (χ1v) is 12.9. The first-order chi connectivity index (χ1) is 17.8. The summed E-state index contributed by atoms with van der Waals surface area (Å²) in [5, 5.41) is 15.1. The Labute approximate surface area is 221 Å². The Morgan fingerprint density at radius 1 is 1.14 bits per heavy atom. The van der Waals surface area contributed by atoms with Crippen LogP contribution in [0.25, 0.3) is 0 Å². The van der Waals surface area contributed by atoms with Crippen LogP contribution in [0, 0.1) is 11.7 Å². The standard InChI is InChI=1S/C27H33ClFN3O5/c1-36-16-19(13-26(33)34)18-4-7-25(32(15-17-2-3-17)21-8-10-37-11-9-21)24(12-18)31-27(35)30-23-6-5-20(28)14-22(23)29/h4-7,12,14,17,19,21H,2-3,8-11,13,15-16H2,1H3,(H,33,34)(H2,30,31,35). The van der Waals surface area contributed by atoms with E-state index >= 15 is 0 Å². The molecule has 0 bridgehead atoms. The molecule has 1 aliphatic carbocycles. The summed E-state index contributed by atoms with van der Waals surface area (Å²) in [6.45, 7) is 2.44. The van der Waals surface area contributed by atoms with Crippen molar-refractivity contribution in [2.45, 2.75) is 44.1 Å². The van der Waals surface area contributed by atoms with Crippen molar-refractivity contribution in [3.05, 3.63) is 52.8 Å². The van der Waals surface area contributed by atoms with Crippen molar-refractivity contribution >= 4 is 40.7 Å². The third-order valence-electron chi connectivity index (χ3n) is 6.80. The van der Waals surface area contributed by atoms with E-state index in [4.69, 9.17) is 21.1 Å². The molecule has 1 heterocycles. The second kappa shape index (κ2) is 12.6. The van der Waals surface area contributed by atoms with Gasteiger partial charge in [-0.1, -0.05) is 17.7 Å². The highest BCUT2D eigenvalue weighted by atomic mass is 35.5. The third-order valence-corrected chi connectivity index (χ3v) is 7.04. The lowest BCUT2D eigenvalue weighted by Gasteiger charge is -2.37. The van der Waals surface area contributed by atoms with Gasteiger partial charge >= 0.3 is 12.0 Å². The number of carboxylic acids is 1. The van der Waals surface area contributed by atoms with Gasteiger partial charge in [0.1, 0.15) is 5.82 Å². The van der Waals surface area contributed by atoms with Crippen LogP contribution in [0.15, 0.2) is 36.4 Å². The van der Waals surface area contributed by atoms with Crippen LogP contribution in [-0.2, 0) is 14.3 Å². The number of aliphatic carboxylic acids is 1. The molecule has 2 aromatic carbocycles. The topological polar surface area (TPSA) is 100 Å². The summed E-state index contributed by atoms with van der Waals surface area (Å²) in [6, 6.07) is 9.32. The van der Waals surface area contributed by atoms with Gasteiger partial charge in [0.05, 0.1) is 30.1 Å². The molecular formula is C27H33ClFN3O5. The average Bonchev–Trinajstić information content (AvgIpc) is 3.69. The number of carbonyl (C=O) groups excluding carboxylic acids is 1. The Balaban J connectivity index is 1.66. The molecule has 0 aromatic heterocycles. The lowest BCUT2D eigenvalue weighted by molar-refractivity contribution is -0.137. The van der Waals surface area contributed by atoms with Crippen LogP contribution in [0.1, 0.15) is 43.6 Å². The van der Waals surface area contributed by atoms with Crippen LogP contribution in [0.4, 0.5) is 26.2 Å². The quantitative estimate of drug-likeness (QED) is 0.341. The maximum Gasteiger partial charge on any atom is 0.323 e. The van der Waals surface area contributed by atoms with E-state index in [1.165, 1.54) is 32.1 Å². The number of carboxylic acid groups (broad SMARTS) is 1. The lowest BCUT2D eigenvalue weighted by atomic mass is 9.94. The minimum atomic E-state index is -0.936. The van der Waals surface area contributed by atoms with Gasteiger partial charge in [0.15, 0.2) is 0 Å². The van der Waals surface area contributed by atoms with Gasteiger partial charge in [-0.2, -0.15) is 0 Å². The van der Waals surface area contributed by atoms with Gasteiger partial charge < -0.3 is 30.1 Å². The molecule has 2 aliphatic rings. The molecule has 2 fully saturated rings. The van der Waals surface area contributed by atoms with Gasteiger partial charge in [-0.05, 0) is 67.5 Å². The summed E-state index contributed by atoms with van der Waals surface area (Å²) < 4.78 is 25.2. The fourth-order valence-electron chi connectivity index (χ4n) is 4.73. The first kappa shape index (κ1) is 27.2. The number of hydrogen-bond donors (Lipinski definition) is 3. The normalized spacial score (nSPS) is 16.7. The zero-order valence-electron chi connectivity index (χ0n) is 20.8. The van der Waals surface area contributed by atoms with Crippen molar-refractivity contribution in [2.24, 2.45) is 5.92 Å². The number of halogens is 2. The third kappa shape index (κ3) is 7.56. The highest BCUT2D eigenvalue weighted by molar-refractivity contribution is 6.30. The highest BCUT2D eigenvalue weighted by Gasteiger charge is 2.31. The minimum absolute atomic E-state index is 0.00186. The maximum atomic E-state index is 14.3. The van der Waals surface area contributed by atoms with Crippen molar-refractivity contribution < 1.29 is 28.6 Å². The summed E-state index contributed by atoms with van der Waals surface area (Å²) in [6.07, 6.45) is 3.99. The van der Waals surface area contributed by atoms with Gasteiger partial charge in [0, 0.05) is 43.9 Å². The minimum Gasteiger partial charge on any atom is -0.481 e. The Morgan fingerprint density at radius 3 is 2.51 bits per heavy atom. The Morgan fingerprint density at radius 2 is 1.86 bits per heavy atom. The number of hydrogen-bond acceptors (Lipinski definition) is 5. The van der Waals surface area contributed by atoms with E-state index in [1.807, 2.05) is 12.1 Å². The number of nitrogens with one attached hydrogen (secondary N) is 2. The number of rotatable bonds is 11. The van der Waals surface area contributed by atoms with Crippen LogP contribution in [-0.4, -0.2) is 56.6 Å². The van der Waals surface area contributed by atoms with Crippen LogP contribution in [0.5, 0.6) is 0 Å². The lowest BCUT2D eigenvalue weighted by Crippen LogP contribution is -2.41. The summed E-state index contributed by atoms with van der Waals surface area (Å²) in [5.41, 5.74) is 2.12. The van der Waals surface area contributed by atoms with Crippen LogP contribution in [0.3, 0.4) is 0 Å². The highest BCUT2D eigenvalue weighted by Crippen LogP contribution is 2.38. The number of amides is 2. The number of carbonyl (C=O) groups is 2. The molecule has 2 aromatic rings. The summed E-state index contributed by atoms with van der Waals surface area (Å²) in [5.74, 6) is -1.38. The predicted molar refractivity (Wildman–Crippen MR) is 141 cm³/mol. The molecule has 2 amide bonds. The van der Waals surface area contributed by atoms with Crippen molar-refractivity contribution in [3.8, 4) is 0 Å². The number of benzene rings is 2. The monoisotopic (exact) mass is 533 g/mol. The molecule has 3 N–H and O–H groups in total. The molecule has 1 saturated heterocycles. The number of nitrogens with zero attached hydrogens (tertiary/aromatic N) is 1. The van der Waals surface area contributed by atoms with E-state index < -0.39 is 23.7 Å². The molecular weight excluding hydrogens is 501 g/mol. The van der Waals surface area contributed by atoms with E-state index in [1.54, 1.807) is 6.07 Å². The molecule has 4 rings (SSSR count). The zero-order chi connectivity index (χ0) is 26.4. The molecule has 200 valence electrons. The van der Waals surface area contributed by atoms with Crippen LogP contribution >= 0.6 is 11.6 Å². The van der Waals surface area contributed by atoms with Gasteiger partial charge in [0.2, 0.25) is 0 Å². The molecule has 1 aliphatic heterocycles. The van der Waals surface area contributed by atoms with E-state index in [2.05, 4.69) is 15.5 Å². The van der Waals surface area contributed by atoms with E-state index in [-0.39, 0.29) is 29.8 Å². The maximum absolute atomic E-state index is 14.3. The van der Waals surface area contributed by atoms with Crippen LogP contribution < -0.4 is 15.5 Å². The molecule has 1 unspecified atom stereocenters. The number of urea groups is 1. The summed E-state index contributed by atoms with van der Waals surface area (Å²) in [4.78, 5) is 26.8. The average molecular weight is 534 g/mol. The Hall–Kier alpha value is -2.88. The Kier molecular flexibility index (Phi) is 9.23. The molecule has 8 nitrogen and oxygen atoms in total.